The summed E-state index contributed by atoms with van der Waals surface area (Å²) in [7, 11) is 0. The predicted molar refractivity (Wildman–Crippen MR) is 32.9 cm³/mol. The molecule has 1 aliphatic carbocycles. The van der Waals surface area contributed by atoms with Gasteiger partial charge in [-0.3, -0.25) is 0 Å². The Bertz CT molecular complexity index is 110. The molecule has 1 saturated carbocycles. The average Bonchev–Trinajstić information content (AvgIpc) is 1.60. The molecule has 52 valence electrons. The van der Waals surface area contributed by atoms with Crippen molar-refractivity contribution in [3.63, 3.8) is 0 Å². The highest BCUT2D eigenvalue weighted by Gasteiger charge is 2.18. The van der Waals surface area contributed by atoms with Crippen LogP contribution in [0.15, 0.2) is 0 Å². The number of primary amides is 1. The second kappa shape index (κ2) is 2.71. The summed E-state index contributed by atoms with van der Waals surface area (Å²) in [6.45, 7) is 0.523. The van der Waals surface area contributed by atoms with Crippen molar-refractivity contribution in [3.8, 4) is 0 Å². The Morgan fingerprint density at radius 2 is 2.33 bits per heavy atom. The summed E-state index contributed by atoms with van der Waals surface area (Å²) in [5.74, 6) is 0.595. The largest absolute Gasteiger partial charge is 0.449 e. The number of carbonyl (C=O) groups is 1. The smallest absolute Gasteiger partial charge is 0.404 e. The van der Waals surface area contributed by atoms with Crippen molar-refractivity contribution < 1.29 is 9.53 Å². The Balaban J connectivity index is 1.97. The van der Waals surface area contributed by atoms with Gasteiger partial charge in [-0.05, 0) is 18.8 Å². The van der Waals surface area contributed by atoms with Crippen LogP contribution >= 0.6 is 0 Å². The Morgan fingerprint density at radius 1 is 1.67 bits per heavy atom. The molecule has 0 unspecified atom stereocenters. The number of nitrogens with two attached hydrogens (primary N) is 1. The number of carbonyl (C=O) groups excluding carboxylic acids is 1. The normalized spacial score (nSPS) is 18.7. The number of rotatable bonds is 2. The molecular formula is C6H11NO2. The zero-order valence-corrected chi connectivity index (χ0v) is 5.30. The predicted octanol–water partition coefficient (Wildman–Crippen LogP) is 0.882. The van der Waals surface area contributed by atoms with Crippen LogP contribution in [-0.4, -0.2) is 12.7 Å². The lowest BCUT2D eigenvalue weighted by Gasteiger charge is -2.23. The van der Waals surface area contributed by atoms with Gasteiger partial charge in [0.25, 0.3) is 0 Å². The van der Waals surface area contributed by atoms with Crippen molar-refractivity contribution in [1.82, 2.24) is 0 Å². The lowest BCUT2D eigenvalue weighted by Crippen LogP contribution is -2.22. The summed E-state index contributed by atoms with van der Waals surface area (Å²) in [4.78, 5) is 10.0. The molecular weight excluding hydrogens is 118 g/mol. The van der Waals surface area contributed by atoms with Gasteiger partial charge < -0.3 is 10.5 Å². The maximum absolute atomic E-state index is 10.0. The first-order chi connectivity index (χ1) is 4.29. The van der Waals surface area contributed by atoms with E-state index < -0.39 is 6.09 Å². The maximum atomic E-state index is 10.0. The summed E-state index contributed by atoms with van der Waals surface area (Å²) in [5, 5.41) is 0. The molecule has 0 bridgehead atoms. The summed E-state index contributed by atoms with van der Waals surface area (Å²) < 4.78 is 4.58. The van der Waals surface area contributed by atoms with Gasteiger partial charge >= 0.3 is 6.09 Å². The molecule has 0 aromatic carbocycles. The number of amides is 1. The molecule has 2 N–H and O–H groups in total. The van der Waals surface area contributed by atoms with Gasteiger partial charge in [-0.2, -0.15) is 0 Å². The van der Waals surface area contributed by atoms with Crippen LogP contribution in [0.2, 0.25) is 0 Å². The summed E-state index contributed by atoms with van der Waals surface area (Å²) >= 11 is 0. The Labute approximate surface area is 54.2 Å². The van der Waals surface area contributed by atoms with Gasteiger partial charge in [-0.25, -0.2) is 4.79 Å². The average molecular weight is 129 g/mol. The molecule has 0 aromatic rings. The van der Waals surface area contributed by atoms with Crippen LogP contribution in [0, 0.1) is 5.92 Å². The fourth-order valence-corrected chi connectivity index (χ4v) is 0.859. The van der Waals surface area contributed by atoms with Gasteiger partial charge in [-0.1, -0.05) is 6.42 Å². The molecule has 3 heteroatoms. The van der Waals surface area contributed by atoms with Crippen LogP contribution < -0.4 is 5.73 Å². The maximum Gasteiger partial charge on any atom is 0.404 e. The molecule has 0 aromatic heterocycles. The number of ether oxygens (including phenoxy) is 1. The van der Waals surface area contributed by atoms with Gasteiger partial charge in [0.15, 0.2) is 0 Å². The van der Waals surface area contributed by atoms with E-state index in [9.17, 15) is 4.79 Å². The molecule has 1 rings (SSSR count). The van der Waals surface area contributed by atoms with Crippen molar-refractivity contribution in [1.29, 1.82) is 0 Å². The Morgan fingerprint density at radius 3 is 2.67 bits per heavy atom. The first-order valence-corrected chi connectivity index (χ1v) is 3.21. The van der Waals surface area contributed by atoms with Crippen molar-refractivity contribution in [3.05, 3.63) is 0 Å². The van der Waals surface area contributed by atoms with Crippen molar-refractivity contribution in [2.45, 2.75) is 19.3 Å². The van der Waals surface area contributed by atoms with E-state index in [1.807, 2.05) is 0 Å². The number of hydrogen-bond donors (Lipinski definition) is 1. The highest BCUT2D eigenvalue weighted by molar-refractivity contribution is 5.64. The molecule has 0 aliphatic heterocycles. The van der Waals surface area contributed by atoms with Gasteiger partial charge in [0, 0.05) is 0 Å². The van der Waals surface area contributed by atoms with Gasteiger partial charge in [0.2, 0.25) is 0 Å². The summed E-state index contributed by atoms with van der Waals surface area (Å²) in [5.41, 5.74) is 4.76. The standard InChI is InChI=1S/C6H11NO2/c7-6(8)9-4-5-2-1-3-5/h5H,1-4H2,(H2,7,8). The lowest BCUT2D eigenvalue weighted by atomic mass is 9.86. The molecule has 0 atom stereocenters. The first kappa shape index (κ1) is 6.39. The molecule has 3 nitrogen and oxygen atoms in total. The quantitative estimate of drug-likeness (QED) is 0.601. The third-order valence-corrected chi connectivity index (χ3v) is 1.69. The van der Waals surface area contributed by atoms with Gasteiger partial charge in [0.05, 0.1) is 6.61 Å². The molecule has 0 saturated heterocycles. The monoisotopic (exact) mass is 129 g/mol. The summed E-state index contributed by atoms with van der Waals surface area (Å²) in [6, 6.07) is 0. The fraction of sp³-hybridized carbons (Fsp3) is 0.833. The van der Waals surface area contributed by atoms with E-state index in [0.717, 1.165) is 0 Å². The molecule has 0 spiro atoms. The minimum Gasteiger partial charge on any atom is -0.449 e. The molecule has 1 aliphatic rings. The SMILES string of the molecule is NC(=O)OCC1CCC1. The van der Waals surface area contributed by atoms with Crippen LogP contribution in [0.3, 0.4) is 0 Å². The zero-order valence-electron chi connectivity index (χ0n) is 5.30. The topological polar surface area (TPSA) is 52.3 Å². The van der Waals surface area contributed by atoms with Crippen LogP contribution in [0.5, 0.6) is 0 Å². The van der Waals surface area contributed by atoms with Gasteiger partial charge in [-0.15, -0.1) is 0 Å². The number of hydrogen-bond acceptors (Lipinski definition) is 2. The summed E-state index contributed by atoms with van der Waals surface area (Å²) in [6.07, 6.45) is 3.00. The first-order valence-electron chi connectivity index (χ1n) is 3.21. The van der Waals surface area contributed by atoms with Gasteiger partial charge in [0.1, 0.15) is 0 Å². The third kappa shape index (κ3) is 1.91. The highest BCUT2D eigenvalue weighted by atomic mass is 16.5. The van der Waals surface area contributed by atoms with Crippen molar-refractivity contribution in [2.24, 2.45) is 11.7 Å². The van der Waals surface area contributed by atoms with Crippen LogP contribution in [0.4, 0.5) is 4.79 Å². The van der Waals surface area contributed by atoms with E-state index in [0.29, 0.717) is 12.5 Å². The minimum atomic E-state index is -0.651. The molecule has 9 heavy (non-hydrogen) atoms. The van der Waals surface area contributed by atoms with E-state index in [-0.39, 0.29) is 0 Å². The van der Waals surface area contributed by atoms with E-state index in [1.165, 1.54) is 19.3 Å². The van der Waals surface area contributed by atoms with Crippen molar-refractivity contribution in [2.75, 3.05) is 6.61 Å². The Kier molecular flexibility index (Phi) is 1.92. The highest BCUT2D eigenvalue weighted by Crippen LogP contribution is 2.25. The Hall–Kier alpha value is -0.730. The molecule has 0 heterocycles. The molecule has 0 radical (unpaired) electrons. The van der Waals surface area contributed by atoms with E-state index in [1.54, 1.807) is 0 Å². The van der Waals surface area contributed by atoms with Crippen LogP contribution in [-0.2, 0) is 4.74 Å². The fourth-order valence-electron chi connectivity index (χ4n) is 0.859. The van der Waals surface area contributed by atoms with E-state index in [4.69, 9.17) is 5.73 Å². The van der Waals surface area contributed by atoms with Crippen LogP contribution in [0.1, 0.15) is 19.3 Å². The minimum absolute atomic E-state index is 0.523. The molecule has 1 amide bonds. The van der Waals surface area contributed by atoms with Crippen molar-refractivity contribution >= 4 is 6.09 Å². The van der Waals surface area contributed by atoms with Crippen LogP contribution in [0.25, 0.3) is 0 Å². The second-order valence-corrected chi connectivity index (χ2v) is 2.43. The van der Waals surface area contributed by atoms with E-state index in [2.05, 4.69) is 4.74 Å². The van der Waals surface area contributed by atoms with E-state index >= 15 is 0 Å². The second-order valence-electron chi connectivity index (χ2n) is 2.43. The third-order valence-electron chi connectivity index (χ3n) is 1.69. The lowest BCUT2D eigenvalue weighted by molar-refractivity contribution is 0.111. The zero-order chi connectivity index (χ0) is 6.69. The molecule has 1 fully saturated rings.